The smallest absolute Gasteiger partial charge is 0.101 e. The van der Waals surface area contributed by atoms with Crippen molar-refractivity contribution >= 4 is 28.9 Å². The van der Waals surface area contributed by atoms with Crippen LogP contribution in [0, 0.1) is 11.3 Å². The van der Waals surface area contributed by atoms with Crippen molar-refractivity contribution in [1.29, 1.82) is 5.26 Å². The fraction of sp³-hybridized carbons (Fsp3) is 0.188. The van der Waals surface area contributed by atoms with Crippen molar-refractivity contribution < 1.29 is 0 Å². The van der Waals surface area contributed by atoms with E-state index in [1.165, 1.54) is 11.1 Å². The molecule has 3 rings (SSSR count). The third-order valence-electron chi connectivity index (χ3n) is 3.56. The Kier molecular flexibility index (Phi) is 3.56. The van der Waals surface area contributed by atoms with Gasteiger partial charge >= 0.3 is 0 Å². The number of nitriles is 1. The Hall–Kier alpha value is -1.69. The molecular weight excluding hydrogens is 291 g/mol. The van der Waals surface area contributed by atoms with E-state index in [0.717, 1.165) is 23.6 Å². The Morgan fingerprint density at radius 2 is 1.85 bits per heavy atom. The van der Waals surface area contributed by atoms with Crippen LogP contribution in [-0.2, 0) is 12.8 Å². The highest BCUT2D eigenvalue weighted by Gasteiger charge is 2.21. The average Bonchev–Trinajstić information content (AvgIpc) is 2.82. The predicted octanol–water partition coefficient (Wildman–Crippen LogP) is 4.44. The van der Waals surface area contributed by atoms with E-state index in [9.17, 15) is 0 Å². The number of nitrogens with zero attached hydrogens (tertiary/aromatic N) is 1. The Morgan fingerprint density at radius 3 is 2.65 bits per heavy atom. The molecule has 100 valence electrons. The fourth-order valence-electron chi connectivity index (χ4n) is 2.63. The molecule has 0 fully saturated rings. The topological polar surface area (TPSA) is 35.8 Å². The third kappa shape index (κ3) is 2.60. The summed E-state index contributed by atoms with van der Waals surface area (Å²) in [5, 5.41) is 13.7. The average molecular weight is 303 g/mol. The van der Waals surface area contributed by atoms with Crippen LogP contribution in [0.4, 0.5) is 5.69 Å². The molecule has 2 nitrogen and oxygen atoms in total. The molecule has 0 bridgehead atoms. The Labute approximate surface area is 127 Å². The number of fused-ring (bicyclic) bond motifs is 1. The van der Waals surface area contributed by atoms with Crippen LogP contribution in [0.3, 0.4) is 0 Å². The Balaban J connectivity index is 1.76. The van der Waals surface area contributed by atoms with Crippen molar-refractivity contribution in [3.05, 3.63) is 63.1 Å². The highest BCUT2D eigenvalue weighted by molar-refractivity contribution is 6.31. The van der Waals surface area contributed by atoms with Crippen molar-refractivity contribution in [2.45, 2.75) is 18.9 Å². The first-order valence-electron chi connectivity index (χ1n) is 6.39. The van der Waals surface area contributed by atoms with E-state index in [4.69, 9.17) is 28.5 Å². The second kappa shape index (κ2) is 5.36. The predicted molar refractivity (Wildman–Crippen MR) is 82.4 cm³/mol. The van der Waals surface area contributed by atoms with Gasteiger partial charge in [0.2, 0.25) is 0 Å². The van der Waals surface area contributed by atoms with Gasteiger partial charge in [0, 0.05) is 16.8 Å². The van der Waals surface area contributed by atoms with Gasteiger partial charge in [0.1, 0.15) is 6.07 Å². The fourth-order valence-corrected chi connectivity index (χ4v) is 2.98. The van der Waals surface area contributed by atoms with E-state index in [2.05, 4.69) is 17.5 Å². The zero-order chi connectivity index (χ0) is 14.1. The van der Waals surface area contributed by atoms with Gasteiger partial charge in [0.25, 0.3) is 0 Å². The SMILES string of the molecule is N#Cc1cc(NC2Cc3ccc(Cl)cc3C2)ccc1Cl. The molecule has 0 saturated carbocycles. The van der Waals surface area contributed by atoms with Gasteiger partial charge in [0.15, 0.2) is 0 Å². The van der Waals surface area contributed by atoms with Crippen LogP contribution in [0.15, 0.2) is 36.4 Å². The first-order valence-corrected chi connectivity index (χ1v) is 7.15. The summed E-state index contributed by atoms with van der Waals surface area (Å²) in [5.74, 6) is 0. The molecule has 0 heterocycles. The number of halogens is 2. The molecule has 1 aliphatic rings. The number of hydrogen-bond acceptors (Lipinski definition) is 2. The highest BCUT2D eigenvalue weighted by atomic mass is 35.5. The van der Waals surface area contributed by atoms with Gasteiger partial charge in [-0.1, -0.05) is 29.3 Å². The van der Waals surface area contributed by atoms with Crippen LogP contribution >= 0.6 is 23.2 Å². The molecule has 2 aromatic carbocycles. The molecule has 1 aliphatic carbocycles. The largest absolute Gasteiger partial charge is 0.382 e. The molecule has 0 radical (unpaired) electrons. The summed E-state index contributed by atoms with van der Waals surface area (Å²) in [6.45, 7) is 0. The molecule has 0 aromatic heterocycles. The lowest BCUT2D eigenvalue weighted by molar-refractivity contribution is 0.774. The third-order valence-corrected chi connectivity index (χ3v) is 4.12. The number of anilines is 1. The first kappa shape index (κ1) is 13.3. The first-order chi connectivity index (χ1) is 9.65. The van der Waals surface area contributed by atoms with Gasteiger partial charge in [0.05, 0.1) is 10.6 Å². The summed E-state index contributed by atoms with van der Waals surface area (Å²) in [4.78, 5) is 0. The van der Waals surface area contributed by atoms with Crippen molar-refractivity contribution in [2.75, 3.05) is 5.32 Å². The second-order valence-corrected chi connectivity index (χ2v) is 5.81. The molecule has 1 unspecified atom stereocenters. The van der Waals surface area contributed by atoms with E-state index < -0.39 is 0 Å². The van der Waals surface area contributed by atoms with Crippen LogP contribution in [0.25, 0.3) is 0 Å². The molecule has 1 N–H and O–H groups in total. The van der Waals surface area contributed by atoms with Crippen molar-refractivity contribution in [3.8, 4) is 6.07 Å². The minimum absolute atomic E-state index is 0.330. The summed E-state index contributed by atoms with van der Waals surface area (Å²) in [6, 6.07) is 13.9. The van der Waals surface area contributed by atoms with Crippen LogP contribution in [0.2, 0.25) is 10.0 Å². The van der Waals surface area contributed by atoms with E-state index in [1.807, 2.05) is 18.2 Å². The summed E-state index contributed by atoms with van der Waals surface area (Å²) < 4.78 is 0. The van der Waals surface area contributed by atoms with Crippen LogP contribution < -0.4 is 5.32 Å². The minimum Gasteiger partial charge on any atom is -0.382 e. The maximum Gasteiger partial charge on any atom is 0.101 e. The standard InChI is InChI=1S/C16H12Cl2N2/c17-13-2-1-10-6-15(7-11(10)5-13)20-14-3-4-16(18)12(8-14)9-19/h1-5,8,15,20H,6-7H2. The Bertz CT molecular complexity index is 704. The van der Waals surface area contributed by atoms with E-state index in [0.29, 0.717) is 16.6 Å². The Morgan fingerprint density at radius 1 is 1.05 bits per heavy atom. The maximum atomic E-state index is 9.00. The molecular formula is C16H12Cl2N2. The summed E-state index contributed by atoms with van der Waals surface area (Å²) in [7, 11) is 0. The number of benzene rings is 2. The summed E-state index contributed by atoms with van der Waals surface area (Å²) in [6.07, 6.45) is 1.91. The molecule has 2 aromatic rings. The quantitative estimate of drug-likeness (QED) is 0.890. The number of hydrogen-bond donors (Lipinski definition) is 1. The van der Waals surface area contributed by atoms with Gasteiger partial charge < -0.3 is 5.32 Å². The molecule has 0 spiro atoms. The van der Waals surface area contributed by atoms with Gasteiger partial charge in [-0.25, -0.2) is 0 Å². The molecule has 1 atom stereocenters. The highest BCUT2D eigenvalue weighted by Crippen LogP contribution is 2.28. The summed E-state index contributed by atoms with van der Waals surface area (Å²) in [5.41, 5.74) is 4.05. The molecule has 0 amide bonds. The lowest BCUT2D eigenvalue weighted by Crippen LogP contribution is -2.19. The lowest BCUT2D eigenvalue weighted by Gasteiger charge is -2.14. The van der Waals surface area contributed by atoms with Crippen LogP contribution in [0.1, 0.15) is 16.7 Å². The monoisotopic (exact) mass is 302 g/mol. The molecule has 0 aliphatic heterocycles. The minimum atomic E-state index is 0.330. The zero-order valence-corrected chi connectivity index (χ0v) is 12.2. The van der Waals surface area contributed by atoms with Gasteiger partial charge in [-0.3, -0.25) is 0 Å². The second-order valence-electron chi connectivity index (χ2n) is 4.97. The van der Waals surface area contributed by atoms with Crippen molar-refractivity contribution in [2.24, 2.45) is 0 Å². The van der Waals surface area contributed by atoms with E-state index in [1.54, 1.807) is 12.1 Å². The van der Waals surface area contributed by atoms with E-state index in [-0.39, 0.29) is 0 Å². The summed E-state index contributed by atoms with van der Waals surface area (Å²) >= 11 is 12.0. The number of nitrogens with one attached hydrogen (secondary N) is 1. The van der Waals surface area contributed by atoms with Crippen LogP contribution in [0.5, 0.6) is 0 Å². The molecule has 20 heavy (non-hydrogen) atoms. The van der Waals surface area contributed by atoms with Crippen molar-refractivity contribution in [3.63, 3.8) is 0 Å². The maximum absolute atomic E-state index is 9.00. The zero-order valence-electron chi connectivity index (χ0n) is 10.7. The van der Waals surface area contributed by atoms with Gasteiger partial charge in [-0.15, -0.1) is 0 Å². The molecule has 4 heteroatoms. The molecule has 0 saturated heterocycles. The van der Waals surface area contributed by atoms with Crippen molar-refractivity contribution in [1.82, 2.24) is 0 Å². The van der Waals surface area contributed by atoms with Gasteiger partial charge in [-0.2, -0.15) is 5.26 Å². The lowest BCUT2D eigenvalue weighted by atomic mass is 10.1. The van der Waals surface area contributed by atoms with Crippen LogP contribution in [-0.4, -0.2) is 6.04 Å². The van der Waals surface area contributed by atoms with Gasteiger partial charge in [-0.05, 0) is 54.3 Å². The van der Waals surface area contributed by atoms with E-state index >= 15 is 0 Å². The number of rotatable bonds is 2. The normalized spacial score (nSPS) is 16.6.